The zero-order valence-corrected chi connectivity index (χ0v) is 14.9. The van der Waals surface area contributed by atoms with E-state index in [1.165, 1.54) is 6.92 Å². The Morgan fingerprint density at radius 2 is 2.12 bits per heavy atom. The molecule has 0 radical (unpaired) electrons. The average Bonchev–Trinajstić information content (AvgIpc) is 2.87. The average molecular weight is 359 g/mol. The maximum absolute atomic E-state index is 10.8. The number of hydrogen-bond acceptors (Lipinski definition) is 4. The third-order valence-corrected chi connectivity index (χ3v) is 4.20. The van der Waals surface area contributed by atoms with Crippen LogP contribution in [0.2, 0.25) is 5.02 Å². The molecule has 130 valence electrons. The molecule has 0 amide bonds. The fourth-order valence-electron chi connectivity index (χ4n) is 2.90. The molecule has 0 saturated heterocycles. The van der Waals surface area contributed by atoms with Gasteiger partial charge < -0.3 is 14.0 Å². The van der Waals surface area contributed by atoms with Crippen molar-refractivity contribution < 1.29 is 14.3 Å². The molecule has 1 aromatic carbocycles. The molecule has 3 aromatic rings. The highest BCUT2D eigenvalue weighted by atomic mass is 35.5. The first kappa shape index (κ1) is 17.5. The van der Waals surface area contributed by atoms with Gasteiger partial charge >= 0.3 is 5.97 Å². The molecule has 2 aromatic heterocycles. The molecule has 0 unspecified atom stereocenters. The maximum atomic E-state index is 10.8. The van der Waals surface area contributed by atoms with E-state index >= 15 is 0 Å². The number of pyridine rings is 1. The third-order valence-electron chi connectivity index (χ3n) is 3.97. The number of benzene rings is 1. The first-order chi connectivity index (χ1) is 12.1. The van der Waals surface area contributed by atoms with Crippen LogP contribution in [-0.4, -0.2) is 28.7 Å². The van der Waals surface area contributed by atoms with Gasteiger partial charge in [0.05, 0.1) is 17.8 Å². The van der Waals surface area contributed by atoms with Crippen LogP contribution < -0.4 is 0 Å². The lowest BCUT2D eigenvalue weighted by Crippen LogP contribution is -2.11. The van der Waals surface area contributed by atoms with Crippen LogP contribution in [0.4, 0.5) is 0 Å². The summed E-state index contributed by atoms with van der Waals surface area (Å²) < 4.78 is 12.7. The normalized spacial score (nSPS) is 11.0. The molecule has 5 nitrogen and oxygen atoms in total. The highest BCUT2D eigenvalue weighted by Crippen LogP contribution is 2.34. The molecule has 0 fully saturated rings. The van der Waals surface area contributed by atoms with Crippen LogP contribution in [0.15, 0.2) is 42.7 Å². The number of carbonyl (C=O) groups is 1. The molecule has 0 aliphatic carbocycles. The molecule has 3 rings (SSSR count). The minimum atomic E-state index is -0.309. The molecule has 0 saturated carbocycles. The van der Waals surface area contributed by atoms with Gasteiger partial charge in [0.15, 0.2) is 0 Å². The Morgan fingerprint density at radius 1 is 1.28 bits per heavy atom. The van der Waals surface area contributed by atoms with Gasteiger partial charge in [0.2, 0.25) is 0 Å². The topological polar surface area (TPSA) is 53.4 Å². The minimum Gasteiger partial charge on any atom is -0.463 e. The number of aromatic nitrogens is 2. The van der Waals surface area contributed by atoms with Gasteiger partial charge in [-0.1, -0.05) is 11.6 Å². The van der Waals surface area contributed by atoms with Crippen LogP contribution >= 0.6 is 11.6 Å². The summed E-state index contributed by atoms with van der Waals surface area (Å²) in [6.07, 6.45) is 3.58. The summed E-state index contributed by atoms with van der Waals surface area (Å²) in [7, 11) is 0. The molecular weight excluding hydrogens is 340 g/mol. The van der Waals surface area contributed by atoms with E-state index in [1.54, 1.807) is 6.20 Å². The van der Waals surface area contributed by atoms with Gasteiger partial charge in [-0.05, 0) is 42.8 Å². The lowest BCUT2D eigenvalue weighted by molar-refractivity contribution is -0.142. The lowest BCUT2D eigenvalue weighted by Gasteiger charge is -2.12. The standard InChI is InChI=1S/C19H19ClN2O3/c1-13-17-10-16(20)5-6-18(17)22(12-24-8-9-25-14(2)23)19(13)15-4-3-7-21-11-15/h3-7,10-11H,8-9,12H2,1-2H3. The van der Waals surface area contributed by atoms with E-state index in [0.717, 1.165) is 27.7 Å². The number of hydrogen-bond donors (Lipinski definition) is 0. The molecule has 0 spiro atoms. The molecule has 0 bridgehead atoms. The second-order valence-electron chi connectivity index (χ2n) is 5.68. The van der Waals surface area contributed by atoms with E-state index in [9.17, 15) is 4.79 Å². The molecule has 0 N–H and O–H groups in total. The van der Waals surface area contributed by atoms with Crippen LogP contribution in [0, 0.1) is 6.92 Å². The molecule has 25 heavy (non-hydrogen) atoms. The number of ether oxygens (including phenoxy) is 2. The predicted octanol–water partition coefficient (Wildman–Crippen LogP) is 4.20. The van der Waals surface area contributed by atoms with Crippen molar-refractivity contribution in [3.63, 3.8) is 0 Å². The van der Waals surface area contributed by atoms with Crippen molar-refractivity contribution in [2.75, 3.05) is 13.2 Å². The Kier molecular flexibility index (Phi) is 5.36. The summed E-state index contributed by atoms with van der Waals surface area (Å²) >= 11 is 6.17. The number of rotatable bonds is 6. The van der Waals surface area contributed by atoms with Crippen LogP contribution in [0.1, 0.15) is 12.5 Å². The number of nitrogens with zero attached hydrogens (tertiary/aromatic N) is 2. The van der Waals surface area contributed by atoms with E-state index in [1.807, 2.05) is 36.5 Å². The molecule has 0 aliphatic rings. The van der Waals surface area contributed by atoms with Crippen molar-refractivity contribution in [2.24, 2.45) is 0 Å². The van der Waals surface area contributed by atoms with Crippen LogP contribution in [0.25, 0.3) is 22.2 Å². The van der Waals surface area contributed by atoms with Crippen LogP contribution in [0.3, 0.4) is 0 Å². The van der Waals surface area contributed by atoms with Gasteiger partial charge in [0, 0.05) is 35.3 Å². The predicted molar refractivity (Wildman–Crippen MR) is 97.5 cm³/mol. The Morgan fingerprint density at radius 3 is 2.84 bits per heavy atom. The summed E-state index contributed by atoms with van der Waals surface area (Å²) in [5, 5.41) is 1.77. The van der Waals surface area contributed by atoms with Crippen molar-refractivity contribution in [1.82, 2.24) is 9.55 Å². The highest BCUT2D eigenvalue weighted by molar-refractivity contribution is 6.31. The summed E-state index contributed by atoms with van der Waals surface area (Å²) in [5.74, 6) is -0.309. The number of carbonyl (C=O) groups excluding carboxylic acids is 1. The second kappa shape index (κ2) is 7.68. The number of halogens is 1. The SMILES string of the molecule is CC(=O)OCCOCn1c(-c2cccnc2)c(C)c2cc(Cl)ccc21. The summed E-state index contributed by atoms with van der Waals surface area (Å²) in [5.41, 5.74) is 4.20. The lowest BCUT2D eigenvalue weighted by atomic mass is 10.1. The monoisotopic (exact) mass is 358 g/mol. The number of esters is 1. The van der Waals surface area contributed by atoms with Crippen molar-refractivity contribution in [2.45, 2.75) is 20.6 Å². The first-order valence-electron chi connectivity index (χ1n) is 7.98. The van der Waals surface area contributed by atoms with Gasteiger partial charge in [-0.15, -0.1) is 0 Å². The van der Waals surface area contributed by atoms with Crippen molar-refractivity contribution in [3.05, 3.63) is 53.3 Å². The van der Waals surface area contributed by atoms with Crippen LogP contribution in [-0.2, 0) is 21.0 Å². The molecule has 2 heterocycles. The summed E-state index contributed by atoms with van der Waals surface area (Å²) in [4.78, 5) is 15.0. The van der Waals surface area contributed by atoms with E-state index < -0.39 is 0 Å². The van der Waals surface area contributed by atoms with Crippen LogP contribution in [0.5, 0.6) is 0 Å². The van der Waals surface area contributed by atoms with Gasteiger partial charge in [0.1, 0.15) is 13.3 Å². The zero-order chi connectivity index (χ0) is 17.8. The Labute approximate surface area is 151 Å². The Balaban J connectivity index is 1.95. The highest BCUT2D eigenvalue weighted by Gasteiger charge is 2.16. The number of fused-ring (bicyclic) bond motifs is 1. The van der Waals surface area contributed by atoms with Gasteiger partial charge in [-0.2, -0.15) is 0 Å². The van der Waals surface area contributed by atoms with Crippen molar-refractivity contribution in [3.8, 4) is 11.3 Å². The van der Waals surface area contributed by atoms with E-state index in [2.05, 4.69) is 16.5 Å². The van der Waals surface area contributed by atoms with E-state index in [4.69, 9.17) is 21.1 Å². The molecule has 0 aliphatic heterocycles. The fourth-order valence-corrected chi connectivity index (χ4v) is 3.08. The molecule has 0 atom stereocenters. The van der Waals surface area contributed by atoms with Gasteiger partial charge in [0.25, 0.3) is 0 Å². The van der Waals surface area contributed by atoms with E-state index in [0.29, 0.717) is 18.4 Å². The second-order valence-corrected chi connectivity index (χ2v) is 6.12. The largest absolute Gasteiger partial charge is 0.463 e. The number of aryl methyl sites for hydroxylation is 1. The van der Waals surface area contributed by atoms with E-state index in [-0.39, 0.29) is 12.6 Å². The van der Waals surface area contributed by atoms with Gasteiger partial charge in [-0.3, -0.25) is 9.78 Å². The third kappa shape index (κ3) is 3.83. The van der Waals surface area contributed by atoms with Gasteiger partial charge in [-0.25, -0.2) is 0 Å². The quantitative estimate of drug-likeness (QED) is 0.489. The zero-order valence-electron chi connectivity index (χ0n) is 14.2. The first-order valence-corrected chi connectivity index (χ1v) is 8.35. The smallest absolute Gasteiger partial charge is 0.302 e. The Hall–Kier alpha value is -2.37. The molecule has 6 heteroatoms. The van der Waals surface area contributed by atoms with Crippen molar-refractivity contribution in [1.29, 1.82) is 0 Å². The summed E-state index contributed by atoms with van der Waals surface area (Å²) in [6.45, 7) is 4.36. The molecular formula is C19H19ClN2O3. The minimum absolute atomic E-state index is 0.238. The fraction of sp³-hybridized carbons (Fsp3) is 0.263. The maximum Gasteiger partial charge on any atom is 0.302 e. The summed E-state index contributed by atoms with van der Waals surface area (Å²) in [6, 6.07) is 9.74. The Bertz CT molecular complexity index is 891. The van der Waals surface area contributed by atoms with Crippen molar-refractivity contribution >= 4 is 28.5 Å².